The third-order valence-corrected chi connectivity index (χ3v) is 12.4. The molecule has 7 amide bonds. The number of unbranched alkanes of at least 4 members (excludes halogenated alkanes) is 1. The van der Waals surface area contributed by atoms with E-state index in [9.17, 15) is 43.5 Å². The molecule has 17 heteroatoms. The number of likely N-dealkylation sites (tertiary alicyclic amines) is 1. The number of likely N-dealkylation sites (N-methyl/N-ethyl adjacent to an activating group) is 1. The van der Waals surface area contributed by atoms with Crippen LogP contribution in [0, 0.1) is 17.8 Å². The van der Waals surface area contributed by atoms with Gasteiger partial charge in [-0.05, 0) is 64.0 Å². The number of rotatable bonds is 25. The van der Waals surface area contributed by atoms with E-state index in [1.54, 1.807) is 43.1 Å². The Morgan fingerprint density at radius 3 is 2.13 bits per heavy atom. The Bertz CT molecular complexity index is 1780. The molecule has 1 saturated heterocycles. The van der Waals surface area contributed by atoms with Crippen molar-refractivity contribution in [3.05, 3.63) is 48.0 Å². The molecule has 8 atom stereocenters. The van der Waals surface area contributed by atoms with E-state index in [1.807, 2.05) is 38.7 Å². The third kappa shape index (κ3) is 14.2. The number of hydrogen-bond acceptors (Lipinski definition) is 11. The lowest BCUT2D eigenvalue weighted by Gasteiger charge is -2.43. The number of carboxylic acids is 1. The molecule has 0 radical (unpaired) electrons. The van der Waals surface area contributed by atoms with Gasteiger partial charge < -0.3 is 30.1 Å². The zero-order valence-corrected chi connectivity index (χ0v) is 38.7. The van der Waals surface area contributed by atoms with Crippen LogP contribution in [0.1, 0.15) is 99.0 Å². The van der Waals surface area contributed by atoms with E-state index >= 15 is 0 Å². The molecule has 0 aliphatic carbocycles. The molecule has 1 aromatic rings. The number of amides is 7. The molecule has 0 saturated carbocycles. The Morgan fingerprint density at radius 2 is 1.57 bits per heavy atom. The van der Waals surface area contributed by atoms with Crippen LogP contribution in [-0.2, 0) is 54.3 Å². The standard InChI is InChI=1S/C46H70N6O11/c1-11-29(4)40(50(8)39(28(2)3)43(58)48-45(61)46(6,7)49-35(53)21-15-16-24-52-36(54)22-23-37(52)55)34(62-9)27-38(56)51-25-17-20-33(51)41(63-10)30(5)42(57)47-32(44(59)60)26-31-18-13-12-14-19-31/h12-14,18-19,22-23,28-30,32-34,39-41H,11,15-17,20-21,24-27H2,1-10H3,(H,47,57)(H,49,53)(H,59,60)(H,48,58,61)/t29-,30+,32-,33-,34+,39-,40-,41+/m0/s1. The Balaban J connectivity index is 1.69. The topological polar surface area (TPSA) is 221 Å². The van der Waals surface area contributed by atoms with Crippen molar-refractivity contribution in [1.29, 1.82) is 0 Å². The number of carbonyl (C=O) groups excluding carboxylic acids is 7. The predicted molar refractivity (Wildman–Crippen MR) is 235 cm³/mol. The lowest BCUT2D eigenvalue weighted by molar-refractivity contribution is -0.146. The lowest BCUT2D eigenvalue weighted by Crippen LogP contribution is -2.62. The Kier molecular flexibility index (Phi) is 20.1. The summed E-state index contributed by atoms with van der Waals surface area (Å²) in [6.07, 6.45) is 3.78. The molecular formula is C46H70N6O11. The van der Waals surface area contributed by atoms with E-state index in [4.69, 9.17) is 9.47 Å². The number of carboxylic acid groups (broad SMARTS) is 1. The van der Waals surface area contributed by atoms with Gasteiger partial charge in [0.2, 0.25) is 23.6 Å². The quantitative estimate of drug-likeness (QED) is 0.0823. The highest BCUT2D eigenvalue weighted by Crippen LogP contribution is 2.30. The average Bonchev–Trinajstić information content (AvgIpc) is 3.84. The normalized spacial score (nSPS) is 18.8. The summed E-state index contributed by atoms with van der Waals surface area (Å²) in [7, 11) is 4.77. The molecule has 3 rings (SSSR count). The molecule has 2 aliphatic heterocycles. The van der Waals surface area contributed by atoms with Crippen LogP contribution in [0.4, 0.5) is 0 Å². The van der Waals surface area contributed by atoms with Crippen LogP contribution < -0.4 is 16.0 Å². The van der Waals surface area contributed by atoms with Gasteiger partial charge in [-0.15, -0.1) is 0 Å². The number of imide groups is 2. The maximum absolute atomic E-state index is 14.3. The van der Waals surface area contributed by atoms with Crippen molar-refractivity contribution < 1.29 is 52.9 Å². The molecule has 17 nitrogen and oxygen atoms in total. The van der Waals surface area contributed by atoms with Crippen molar-refractivity contribution in [2.24, 2.45) is 17.8 Å². The number of aliphatic carboxylic acids is 1. The average molecular weight is 883 g/mol. The highest BCUT2D eigenvalue weighted by Gasteiger charge is 2.44. The van der Waals surface area contributed by atoms with Crippen molar-refractivity contribution in [3.63, 3.8) is 0 Å². The highest BCUT2D eigenvalue weighted by atomic mass is 16.5. The molecular weight excluding hydrogens is 813 g/mol. The molecule has 0 bridgehead atoms. The fourth-order valence-electron chi connectivity index (χ4n) is 8.71. The van der Waals surface area contributed by atoms with Gasteiger partial charge in [0.1, 0.15) is 11.6 Å². The summed E-state index contributed by atoms with van der Waals surface area (Å²) in [6, 6.07) is 6.09. The summed E-state index contributed by atoms with van der Waals surface area (Å²) in [6.45, 7) is 13.0. The first-order valence-corrected chi connectivity index (χ1v) is 22.0. The van der Waals surface area contributed by atoms with Crippen molar-refractivity contribution in [1.82, 2.24) is 30.7 Å². The first-order chi connectivity index (χ1) is 29.7. The largest absolute Gasteiger partial charge is 0.480 e. The number of nitrogens with zero attached hydrogens (tertiary/aromatic N) is 3. The summed E-state index contributed by atoms with van der Waals surface area (Å²) in [4.78, 5) is 109. The lowest BCUT2D eigenvalue weighted by atomic mass is 9.87. The summed E-state index contributed by atoms with van der Waals surface area (Å²) in [5.41, 5.74) is -0.696. The SMILES string of the molecule is CC[C@H](C)[C@@H]([C@@H](CC(=O)N1CCC[C@H]1[C@H](OC)[C@@H](C)C(=O)N[C@@H](Cc1ccccc1)C(=O)O)OC)N(C)[C@H](C(=O)NC(=O)C(C)(C)NC(=O)CCCCN1C(=O)C=CC1=O)C(C)C. The molecule has 1 fully saturated rings. The zero-order chi connectivity index (χ0) is 47.2. The van der Waals surface area contributed by atoms with Crippen LogP contribution in [0.5, 0.6) is 0 Å². The van der Waals surface area contributed by atoms with E-state index in [-0.39, 0.29) is 43.6 Å². The van der Waals surface area contributed by atoms with Gasteiger partial charge in [-0.1, -0.05) is 71.4 Å². The molecule has 1 aromatic carbocycles. The van der Waals surface area contributed by atoms with Crippen molar-refractivity contribution in [2.75, 3.05) is 34.4 Å². The number of methoxy groups -OCH3 is 2. The van der Waals surface area contributed by atoms with Crippen LogP contribution in [0.3, 0.4) is 0 Å². The minimum Gasteiger partial charge on any atom is -0.480 e. The van der Waals surface area contributed by atoms with Crippen LogP contribution in [-0.4, -0.2) is 143 Å². The second-order valence-electron chi connectivity index (χ2n) is 17.7. The van der Waals surface area contributed by atoms with E-state index in [1.165, 1.54) is 40.2 Å². The van der Waals surface area contributed by atoms with E-state index in [0.29, 0.717) is 38.6 Å². The molecule has 2 aliphatic rings. The maximum Gasteiger partial charge on any atom is 0.326 e. The molecule has 0 aromatic heterocycles. The minimum atomic E-state index is -1.46. The number of ether oxygens (including phenoxy) is 2. The van der Waals surface area contributed by atoms with Gasteiger partial charge >= 0.3 is 5.97 Å². The number of benzene rings is 1. The highest BCUT2D eigenvalue weighted by molar-refractivity contribution is 6.12. The summed E-state index contributed by atoms with van der Waals surface area (Å²) >= 11 is 0. The second kappa shape index (κ2) is 24.2. The Morgan fingerprint density at radius 1 is 0.937 bits per heavy atom. The summed E-state index contributed by atoms with van der Waals surface area (Å²) in [5.74, 6) is -5.54. The second-order valence-corrected chi connectivity index (χ2v) is 17.7. The first kappa shape index (κ1) is 52.3. The van der Waals surface area contributed by atoms with Gasteiger partial charge in [0.15, 0.2) is 0 Å². The maximum atomic E-state index is 14.3. The van der Waals surface area contributed by atoms with Crippen LogP contribution in [0.25, 0.3) is 0 Å². The van der Waals surface area contributed by atoms with Gasteiger partial charge in [-0.3, -0.25) is 48.7 Å². The van der Waals surface area contributed by atoms with Crippen LogP contribution in [0.15, 0.2) is 42.5 Å². The van der Waals surface area contributed by atoms with Crippen molar-refractivity contribution in [3.8, 4) is 0 Å². The number of nitrogens with one attached hydrogen (secondary N) is 3. The molecule has 63 heavy (non-hydrogen) atoms. The van der Waals surface area contributed by atoms with Crippen LogP contribution >= 0.6 is 0 Å². The fourth-order valence-corrected chi connectivity index (χ4v) is 8.71. The van der Waals surface area contributed by atoms with E-state index in [2.05, 4.69) is 16.0 Å². The van der Waals surface area contributed by atoms with Gasteiger partial charge in [-0.25, -0.2) is 4.79 Å². The summed E-state index contributed by atoms with van der Waals surface area (Å²) < 4.78 is 11.9. The molecule has 4 N–H and O–H groups in total. The van der Waals surface area contributed by atoms with Gasteiger partial charge in [0, 0.05) is 58.3 Å². The van der Waals surface area contributed by atoms with Crippen molar-refractivity contribution in [2.45, 2.75) is 142 Å². The van der Waals surface area contributed by atoms with Crippen LogP contribution in [0.2, 0.25) is 0 Å². The Labute approximate surface area is 372 Å². The predicted octanol–water partition coefficient (Wildman–Crippen LogP) is 2.85. The molecule has 0 spiro atoms. The first-order valence-electron chi connectivity index (χ1n) is 22.0. The molecule has 2 heterocycles. The van der Waals surface area contributed by atoms with Gasteiger partial charge in [-0.2, -0.15) is 0 Å². The monoisotopic (exact) mass is 883 g/mol. The minimum absolute atomic E-state index is 0.0421. The smallest absolute Gasteiger partial charge is 0.326 e. The fraction of sp³-hybridized carbons (Fsp3) is 0.652. The van der Waals surface area contributed by atoms with E-state index < -0.39 is 89.2 Å². The summed E-state index contributed by atoms with van der Waals surface area (Å²) in [5, 5.41) is 17.8. The number of carbonyl (C=O) groups is 8. The van der Waals surface area contributed by atoms with Crippen molar-refractivity contribution >= 4 is 47.3 Å². The molecule has 0 unspecified atom stereocenters. The zero-order valence-electron chi connectivity index (χ0n) is 38.7. The van der Waals surface area contributed by atoms with Gasteiger partial charge in [0.05, 0.1) is 36.6 Å². The molecule has 350 valence electrons. The third-order valence-electron chi connectivity index (χ3n) is 12.4. The van der Waals surface area contributed by atoms with E-state index in [0.717, 1.165) is 10.5 Å². The van der Waals surface area contributed by atoms with Gasteiger partial charge in [0.25, 0.3) is 17.7 Å². The number of hydrogen-bond donors (Lipinski definition) is 4. The Hall–Kier alpha value is -5.00.